The summed E-state index contributed by atoms with van der Waals surface area (Å²) in [6.45, 7) is 5.39. The number of fused-ring (bicyclic) bond motifs is 1. The third kappa shape index (κ3) is 3.86. The Morgan fingerprint density at radius 2 is 1.86 bits per heavy atom. The molecule has 4 nitrogen and oxygen atoms in total. The maximum atomic E-state index is 12.6. The number of hydrogen-bond donors (Lipinski definition) is 1. The van der Waals surface area contributed by atoms with Crippen LogP contribution in [-0.4, -0.2) is 15.7 Å². The Hall–Kier alpha value is -2.88. The number of amides is 1. The predicted octanol–water partition coefficient (Wildman–Crippen LogP) is 4.28. The first kappa shape index (κ1) is 18.5. The normalized spacial score (nSPS) is 15.4. The number of nitrogens with one attached hydrogen (secondary N) is 1. The Morgan fingerprint density at radius 1 is 1.11 bits per heavy atom. The number of carbonyl (C=O) groups is 1. The third-order valence-corrected chi connectivity index (χ3v) is 5.86. The van der Waals surface area contributed by atoms with Gasteiger partial charge in [-0.15, -0.1) is 0 Å². The second kappa shape index (κ2) is 8.01. The topological polar surface area (TPSA) is 46.9 Å². The van der Waals surface area contributed by atoms with Crippen LogP contribution in [0.5, 0.6) is 0 Å². The van der Waals surface area contributed by atoms with Crippen LogP contribution in [0.15, 0.2) is 54.6 Å². The summed E-state index contributed by atoms with van der Waals surface area (Å²) in [5.74, 6) is 0.468. The second-order valence-electron chi connectivity index (χ2n) is 7.71. The van der Waals surface area contributed by atoms with Crippen molar-refractivity contribution in [2.24, 2.45) is 0 Å². The van der Waals surface area contributed by atoms with E-state index in [9.17, 15) is 4.79 Å². The summed E-state index contributed by atoms with van der Waals surface area (Å²) in [5, 5.41) is 7.81. The molecule has 2 aromatic carbocycles. The van der Waals surface area contributed by atoms with Gasteiger partial charge in [-0.2, -0.15) is 5.10 Å². The van der Waals surface area contributed by atoms with Gasteiger partial charge in [0.2, 0.25) is 5.91 Å². The molecule has 144 valence electrons. The number of rotatable bonds is 6. The first-order valence-corrected chi connectivity index (χ1v) is 10.0. The lowest BCUT2D eigenvalue weighted by molar-refractivity contribution is -0.121. The van der Waals surface area contributed by atoms with Gasteiger partial charge in [0.05, 0.1) is 12.2 Å². The van der Waals surface area contributed by atoms with Crippen LogP contribution in [0.2, 0.25) is 0 Å². The van der Waals surface area contributed by atoms with Crippen molar-refractivity contribution in [1.82, 2.24) is 15.1 Å². The zero-order chi connectivity index (χ0) is 19.5. The molecule has 4 heteroatoms. The number of nitrogens with zero attached hydrogens (tertiary/aromatic N) is 2. The number of aromatic nitrogens is 2. The quantitative estimate of drug-likeness (QED) is 0.701. The van der Waals surface area contributed by atoms with Crippen LogP contribution in [0.25, 0.3) is 0 Å². The molecule has 3 aromatic rings. The molecule has 28 heavy (non-hydrogen) atoms. The molecule has 1 amide bonds. The summed E-state index contributed by atoms with van der Waals surface area (Å²) in [5.41, 5.74) is 7.20. The molecule has 0 fully saturated rings. The van der Waals surface area contributed by atoms with Gasteiger partial charge in [0, 0.05) is 24.2 Å². The summed E-state index contributed by atoms with van der Waals surface area (Å²) in [7, 11) is 0. The van der Waals surface area contributed by atoms with Gasteiger partial charge in [-0.05, 0) is 49.3 Å². The summed E-state index contributed by atoms with van der Waals surface area (Å²) in [6, 6.07) is 18.8. The standard InChI is InChI=1S/C24H27N3O/c1-17-23(18(2)27(26-17)16-19-8-4-3-5-9-19)15-25-24(28)14-21-13-12-20-10-6-7-11-22(20)21/h3-11,21H,12-16H2,1-2H3,(H,25,28). The van der Waals surface area contributed by atoms with E-state index >= 15 is 0 Å². The average molecular weight is 374 g/mol. The van der Waals surface area contributed by atoms with Gasteiger partial charge < -0.3 is 5.32 Å². The predicted molar refractivity (Wildman–Crippen MR) is 111 cm³/mol. The van der Waals surface area contributed by atoms with Crippen molar-refractivity contribution in [1.29, 1.82) is 0 Å². The minimum atomic E-state index is 0.122. The van der Waals surface area contributed by atoms with Crippen LogP contribution in [0.1, 0.15) is 52.4 Å². The molecule has 0 spiro atoms. The Bertz CT molecular complexity index is 975. The zero-order valence-corrected chi connectivity index (χ0v) is 16.6. The monoisotopic (exact) mass is 373 g/mol. The first-order valence-electron chi connectivity index (χ1n) is 10.0. The smallest absolute Gasteiger partial charge is 0.220 e. The molecule has 1 aromatic heterocycles. The highest BCUT2D eigenvalue weighted by Gasteiger charge is 2.24. The van der Waals surface area contributed by atoms with E-state index in [1.807, 2.05) is 29.8 Å². The molecular formula is C24H27N3O. The molecule has 1 aliphatic carbocycles. The zero-order valence-electron chi connectivity index (χ0n) is 16.6. The van der Waals surface area contributed by atoms with E-state index in [1.165, 1.54) is 16.7 Å². The molecule has 0 saturated carbocycles. The lowest BCUT2D eigenvalue weighted by Gasteiger charge is -2.12. The van der Waals surface area contributed by atoms with Crippen molar-refractivity contribution in [3.63, 3.8) is 0 Å². The van der Waals surface area contributed by atoms with Gasteiger partial charge in [0.1, 0.15) is 0 Å². The second-order valence-corrected chi connectivity index (χ2v) is 7.71. The molecule has 4 rings (SSSR count). The fraction of sp³-hybridized carbons (Fsp3) is 0.333. The van der Waals surface area contributed by atoms with Crippen LogP contribution in [-0.2, 0) is 24.3 Å². The van der Waals surface area contributed by atoms with E-state index in [0.717, 1.165) is 36.3 Å². The number of carbonyl (C=O) groups excluding carboxylic acids is 1. The van der Waals surface area contributed by atoms with Gasteiger partial charge >= 0.3 is 0 Å². The maximum Gasteiger partial charge on any atom is 0.220 e. The average Bonchev–Trinajstić information content (AvgIpc) is 3.22. The molecule has 0 saturated heterocycles. The van der Waals surface area contributed by atoms with Gasteiger partial charge in [-0.3, -0.25) is 9.48 Å². The van der Waals surface area contributed by atoms with Crippen molar-refractivity contribution in [2.75, 3.05) is 0 Å². The molecule has 1 N–H and O–H groups in total. The lowest BCUT2D eigenvalue weighted by atomic mass is 9.97. The highest BCUT2D eigenvalue weighted by molar-refractivity contribution is 5.77. The Labute approximate surface area is 166 Å². The first-order chi connectivity index (χ1) is 13.6. The number of hydrogen-bond acceptors (Lipinski definition) is 2. The van der Waals surface area contributed by atoms with Crippen LogP contribution in [0, 0.1) is 13.8 Å². The van der Waals surface area contributed by atoms with Crippen LogP contribution in [0.4, 0.5) is 0 Å². The summed E-state index contributed by atoms with van der Waals surface area (Å²) >= 11 is 0. The van der Waals surface area contributed by atoms with Crippen molar-refractivity contribution in [2.45, 2.75) is 52.1 Å². The van der Waals surface area contributed by atoms with Crippen LogP contribution < -0.4 is 5.32 Å². The molecular weight excluding hydrogens is 346 g/mol. The fourth-order valence-corrected chi connectivity index (χ4v) is 4.24. The van der Waals surface area contributed by atoms with Gasteiger partial charge in [0.25, 0.3) is 0 Å². The fourth-order valence-electron chi connectivity index (χ4n) is 4.24. The van der Waals surface area contributed by atoms with Crippen LogP contribution in [0.3, 0.4) is 0 Å². The van der Waals surface area contributed by atoms with E-state index in [4.69, 9.17) is 0 Å². The molecule has 1 aliphatic rings. The van der Waals surface area contributed by atoms with Gasteiger partial charge in [-0.1, -0.05) is 54.6 Å². The van der Waals surface area contributed by atoms with Gasteiger partial charge in [-0.25, -0.2) is 0 Å². The van der Waals surface area contributed by atoms with E-state index in [-0.39, 0.29) is 5.91 Å². The van der Waals surface area contributed by atoms with Crippen molar-refractivity contribution in [3.05, 3.63) is 88.2 Å². The van der Waals surface area contributed by atoms with Crippen molar-refractivity contribution < 1.29 is 4.79 Å². The number of benzene rings is 2. The molecule has 1 heterocycles. The van der Waals surface area contributed by atoms with E-state index in [0.29, 0.717) is 18.9 Å². The minimum Gasteiger partial charge on any atom is -0.352 e. The molecule has 0 radical (unpaired) electrons. The van der Waals surface area contributed by atoms with E-state index in [1.54, 1.807) is 0 Å². The highest BCUT2D eigenvalue weighted by atomic mass is 16.1. The third-order valence-electron chi connectivity index (χ3n) is 5.86. The SMILES string of the molecule is Cc1nn(Cc2ccccc2)c(C)c1CNC(=O)CC1CCc2ccccc21. The van der Waals surface area contributed by atoms with Crippen LogP contribution >= 0.6 is 0 Å². The van der Waals surface area contributed by atoms with E-state index < -0.39 is 0 Å². The Morgan fingerprint density at radius 3 is 2.68 bits per heavy atom. The molecule has 1 unspecified atom stereocenters. The maximum absolute atomic E-state index is 12.6. The highest BCUT2D eigenvalue weighted by Crippen LogP contribution is 2.35. The number of aryl methyl sites for hydroxylation is 2. The minimum absolute atomic E-state index is 0.122. The summed E-state index contributed by atoms with van der Waals surface area (Å²) in [6.07, 6.45) is 2.71. The molecule has 0 bridgehead atoms. The Balaban J connectivity index is 1.38. The van der Waals surface area contributed by atoms with Gasteiger partial charge in [0.15, 0.2) is 0 Å². The molecule has 0 aliphatic heterocycles. The van der Waals surface area contributed by atoms with Crippen molar-refractivity contribution in [3.8, 4) is 0 Å². The molecule has 1 atom stereocenters. The van der Waals surface area contributed by atoms with Crippen molar-refractivity contribution >= 4 is 5.91 Å². The summed E-state index contributed by atoms with van der Waals surface area (Å²) < 4.78 is 2.03. The lowest BCUT2D eigenvalue weighted by Crippen LogP contribution is -2.24. The summed E-state index contributed by atoms with van der Waals surface area (Å²) in [4.78, 5) is 12.6. The van der Waals surface area contributed by atoms with E-state index in [2.05, 4.69) is 53.7 Å². The Kier molecular flexibility index (Phi) is 5.29. The largest absolute Gasteiger partial charge is 0.352 e.